The van der Waals surface area contributed by atoms with Crippen molar-refractivity contribution in [3.8, 4) is 11.5 Å². The number of hydrogen-bond acceptors (Lipinski definition) is 4. The molecule has 19 heavy (non-hydrogen) atoms. The topological polar surface area (TPSA) is 53.7 Å². The third-order valence-electron chi connectivity index (χ3n) is 3.07. The number of rotatable bonds is 8. The van der Waals surface area contributed by atoms with Crippen LogP contribution in [0.25, 0.3) is 0 Å². The number of benzene rings is 1. The van der Waals surface area contributed by atoms with Gasteiger partial charge in [0.1, 0.15) is 11.5 Å². The first kappa shape index (κ1) is 15.8. The van der Waals surface area contributed by atoms with E-state index >= 15 is 0 Å². The van der Waals surface area contributed by atoms with Gasteiger partial charge in [-0.2, -0.15) is 0 Å². The Morgan fingerprint density at radius 3 is 2.32 bits per heavy atom. The van der Waals surface area contributed by atoms with E-state index in [2.05, 4.69) is 6.92 Å². The molecule has 1 unspecified atom stereocenters. The van der Waals surface area contributed by atoms with Gasteiger partial charge in [0.2, 0.25) is 0 Å². The van der Waals surface area contributed by atoms with Gasteiger partial charge < -0.3 is 19.9 Å². The van der Waals surface area contributed by atoms with Crippen molar-refractivity contribution in [1.82, 2.24) is 0 Å². The molecular formula is C15H25NO3. The molecule has 0 aromatic heterocycles. The van der Waals surface area contributed by atoms with E-state index in [1.54, 1.807) is 14.2 Å². The normalized spacial score (nSPS) is 12.3. The standard InChI is InChI=1S/C15H25NO3/c1-5-13(16)7-11-8-15(19-6-2)12(10-17-3)9-14(11)18-4/h8-9,13H,5-7,10,16H2,1-4H3. The molecule has 1 aromatic rings. The van der Waals surface area contributed by atoms with Crippen molar-refractivity contribution in [2.75, 3.05) is 20.8 Å². The molecule has 2 N–H and O–H groups in total. The van der Waals surface area contributed by atoms with E-state index in [4.69, 9.17) is 19.9 Å². The first-order chi connectivity index (χ1) is 9.15. The van der Waals surface area contributed by atoms with Crippen LogP contribution in [0.3, 0.4) is 0 Å². The Labute approximate surface area is 115 Å². The summed E-state index contributed by atoms with van der Waals surface area (Å²) in [5, 5.41) is 0. The SMILES string of the molecule is CCOc1cc(CC(N)CC)c(OC)cc1COC. The minimum atomic E-state index is 0.136. The van der Waals surface area contributed by atoms with Crippen LogP contribution in [0.1, 0.15) is 31.4 Å². The van der Waals surface area contributed by atoms with Crippen LogP contribution in [0, 0.1) is 0 Å². The van der Waals surface area contributed by atoms with E-state index in [0.717, 1.165) is 35.5 Å². The zero-order chi connectivity index (χ0) is 14.3. The molecule has 0 saturated heterocycles. The van der Waals surface area contributed by atoms with Gasteiger partial charge in [-0.25, -0.2) is 0 Å². The van der Waals surface area contributed by atoms with Gasteiger partial charge in [0.25, 0.3) is 0 Å². The first-order valence-corrected chi connectivity index (χ1v) is 6.73. The molecule has 4 nitrogen and oxygen atoms in total. The first-order valence-electron chi connectivity index (χ1n) is 6.73. The fourth-order valence-electron chi connectivity index (χ4n) is 1.98. The van der Waals surface area contributed by atoms with Gasteiger partial charge in [-0.05, 0) is 37.5 Å². The smallest absolute Gasteiger partial charge is 0.125 e. The van der Waals surface area contributed by atoms with E-state index < -0.39 is 0 Å². The second-order valence-corrected chi connectivity index (χ2v) is 4.51. The average molecular weight is 267 g/mol. The summed E-state index contributed by atoms with van der Waals surface area (Å²) in [6.45, 7) is 5.19. The molecule has 0 aliphatic rings. The van der Waals surface area contributed by atoms with Crippen LogP contribution in [-0.4, -0.2) is 26.9 Å². The van der Waals surface area contributed by atoms with Crippen LogP contribution < -0.4 is 15.2 Å². The van der Waals surface area contributed by atoms with Gasteiger partial charge in [0.05, 0.1) is 20.3 Å². The molecule has 0 bridgehead atoms. The Bertz CT molecular complexity index is 393. The summed E-state index contributed by atoms with van der Waals surface area (Å²) in [6.07, 6.45) is 1.72. The van der Waals surface area contributed by atoms with Crippen LogP contribution in [0.5, 0.6) is 11.5 Å². The molecule has 0 aliphatic carbocycles. The molecule has 0 saturated carbocycles. The number of hydrogen-bond donors (Lipinski definition) is 1. The largest absolute Gasteiger partial charge is 0.496 e. The van der Waals surface area contributed by atoms with Gasteiger partial charge in [-0.15, -0.1) is 0 Å². The summed E-state index contributed by atoms with van der Waals surface area (Å²) < 4.78 is 16.3. The number of ether oxygens (including phenoxy) is 3. The third-order valence-corrected chi connectivity index (χ3v) is 3.07. The highest BCUT2D eigenvalue weighted by Crippen LogP contribution is 2.30. The molecule has 0 radical (unpaired) electrons. The fraction of sp³-hybridized carbons (Fsp3) is 0.600. The minimum absolute atomic E-state index is 0.136. The predicted molar refractivity (Wildman–Crippen MR) is 76.8 cm³/mol. The maximum atomic E-state index is 6.03. The molecule has 1 atom stereocenters. The molecule has 1 rings (SSSR count). The Balaban J connectivity index is 3.10. The van der Waals surface area contributed by atoms with Crippen molar-refractivity contribution >= 4 is 0 Å². The molecule has 0 spiro atoms. The van der Waals surface area contributed by atoms with Crippen LogP contribution in [0.2, 0.25) is 0 Å². The second kappa shape index (κ2) is 8.02. The van der Waals surface area contributed by atoms with Crippen molar-refractivity contribution in [3.63, 3.8) is 0 Å². The van der Waals surface area contributed by atoms with Crippen molar-refractivity contribution in [2.24, 2.45) is 5.73 Å². The summed E-state index contributed by atoms with van der Waals surface area (Å²) in [5.41, 5.74) is 8.11. The lowest BCUT2D eigenvalue weighted by Crippen LogP contribution is -2.21. The van der Waals surface area contributed by atoms with E-state index in [0.29, 0.717) is 13.2 Å². The predicted octanol–water partition coefficient (Wildman–Crippen LogP) is 2.52. The lowest BCUT2D eigenvalue weighted by molar-refractivity contribution is 0.180. The Kier molecular flexibility index (Phi) is 6.67. The van der Waals surface area contributed by atoms with E-state index in [-0.39, 0.29) is 6.04 Å². The highest BCUT2D eigenvalue weighted by molar-refractivity contribution is 5.46. The Morgan fingerprint density at radius 1 is 1.11 bits per heavy atom. The van der Waals surface area contributed by atoms with Crippen LogP contribution in [0.4, 0.5) is 0 Å². The van der Waals surface area contributed by atoms with Crippen molar-refractivity contribution in [2.45, 2.75) is 39.3 Å². The molecule has 0 amide bonds. The van der Waals surface area contributed by atoms with Gasteiger partial charge in [-0.1, -0.05) is 6.92 Å². The highest BCUT2D eigenvalue weighted by atomic mass is 16.5. The number of nitrogens with two attached hydrogens (primary N) is 1. The maximum absolute atomic E-state index is 6.03. The lowest BCUT2D eigenvalue weighted by atomic mass is 10.0. The quantitative estimate of drug-likeness (QED) is 0.786. The molecule has 1 aromatic carbocycles. The fourth-order valence-corrected chi connectivity index (χ4v) is 1.98. The van der Waals surface area contributed by atoms with Gasteiger partial charge in [0.15, 0.2) is 0 Å². The molecule has 0 heterocycles. The molecule has 4 heteroatoms. The maximum Gasteiger partial charge on any atom is 0.125 e. The lowest BCUT2D eigenvalue weighted by Gasteiger charge is -2.17. The Hall–Kier alpha value is -1.26. The monoisotopic (exact) mass is 267 g/mol. The van der Waals surface area contributed by atoms with Gasteiger partial charge in [-0.3, -0.25) is 0 Å². The van der Waals surface area contributed by atoms with Gasteiger partial charge >= 0.3 is 0 Å². The third kappa shape index (κ3) is 4.40. The van der Waals surface area contributed by atoms with Crippen molar-refractivity contribution in [3.05, 3.63) is 23.3 Å². The Morgan fingerprint density at radius 2 is 1.79 bits per heavy atom. The zero-order valence-electron chi connectivity index (χ0n) is 12.4. The molecule has 108 valence electrons. The van der Waals surface area contributed by atoms with Crippen LogP contribution in [0.15, 0.2) is 12.1 Å². The van der Waals surface area contributed by atoms with Crippen LogP contribution >= 0.6 is 0 Å². The van der Waals surface area contributed by atoms with Gasteiger partial charge in [0, 0.05) is 18.7 Å². The zero-order valence-corrected chi connectivity index (χ0v) is 12.4. The second-order valence-electron chi connectivity index (χ2n) is 4.51. The summed E-state index contributed by atoms with van der Waals surface area (Å²) in [6, 6.07) is 4.13. The average Bonchev–Trinajstić information content (AvgIpc) is 2.41. The van der Waals surface area contributed by atoms with E-state index in [1.807, 2.05) is 19.1 Å². The summed E-state index contributed by atoms with van der Waals surface area (Å²) in [7, 11) is 3.34. The van der Waals surface area contributed by atoms with Crippen LogP contribution in [-0.2, 0) is 17.8 Å². The molecule has 0 aliphatic heterocycles. The molecule has 0 fully saturated rings. The minimum Gasteiger partial charge on any atom is -0.496 e. The molecular weight excluding hydrogens is 242 g/mol. The highest BCUT2D eigenvalue weighted by Gasteiger charge is 2.13. The summed E-state index contributed by atoms with van der Waals surface area (Å²) in [5.74, 6) is 1.70. The summed E-state index contributed by atoms with van der Waals surface area (Å²) in [4.78, 5) is 0. The van der Waals surface area contributed by atoms with Crippen molar-refractivity contribution < 1.29 is 14.2 Å². The van der Waals surface area contributed by atoms with E-state index in [1.165, 1.54) is 0 Å². The van der Waals surface area contributed by atoms with E-state index in [9.17, 15) is 0 Å². The summed E-state index contributed by atoms with van der Waals surface area (Å²) >= 11 is 0. The van der Waals surface area contributed by atoms with Crippen molar-refractivity contribution in [1.29, 1.82) is 0 Å². The number of methoxy groups -OCH3 is 2.